The lowest BCUT2D eigenvalue weighted by Crippen LogP contribution is -2.63. The maximum Gasteiger partial charge on any atom is 0.326 e. The Morgan fingerprint density at radius 1 is 0.923 bits per heavy atom. The molecule has 3 aromatic rings. The lowest BCUT2D eigenvalue weighted by Gasteiger charge is -2.40. The Morgan fingerprint density at radius 3 is 1.92 bits per heavy atom. The average Bonchev–Trinajstić information content (AvgIpc) is 2.93. The molecule has 0 radical (unpaired) electrons. The van der Waals surface area contributed by atoms with Gasteiger partial charge >= 0.3 is 5.91 Å². The second kappa shape index (κ2) is 13.8. The highest BCUT2D eigenvalue weighted by Gasteiger charge is 2.47. The van der Waals surface area contributed by atoms with Gasteiger partial charge in [-0.15, -0.1) is 0 Å². The normalized spacial score (nSPS) is 13.8. The maximum absolute atomic E-state index is 14.6. The molecule has 0 aliphatic rings. The minimum Gasteiger partial charge on any atom is -0.365 e. The van der Waals surface area contributed by atoms with E-state index >= 15 is 0 Å². The van der Waals surface area contributed by atoms with Crippen LogP contribution in [0.2, 0.25) is 0 Å². The van der Waals surface area contributed by atoms with Crippen LogP contribution < -0.4 is 16.8 Å². The third-order valence-corrected chi connectivity index (χ3v) is 6.89. The molecule has 0 fully saturated rings. The smallest absolute Gasteiger partial charge is 0.326 e. The van der Waals surface area contributed by atoms with Crippen molar-refractivity contribution in [3.63, 3.8) is 0 Å². The minimum absolute atomic E-state index is 0.144. The molecule has 0 aliphatic heterocycles. The van der Waals surface area contributed by atoms with Crippen LogP contribution >= 0.6 is 0 Å². The van der Waals surface area contributed by atoms with E-state index in [4.69, 9.17) is 11.5 Å². The lowest BCUT2D eigenvalue weighted by molar-refractivity contribution is -0.851. The number of rotatable bonds is 13. The lowest BCUT2D eigenvalue weighted by atomic mass is 9.88. The van der Waals surface area contributed by atoms with E-state index in [-0.39, 0.29) is 29.3 Å². The van der Waals surface area contributed by atoms with Crippen LogP contribution in [0.1, 0.15) is 35.4 Å². The number of carbonyl (C=O) groups is 2. The van der Waals surface area contributed by atoms with Gasteiger partial charge in [-0.05, 0) is 23.1 Å². The molecule has 10 nitrogen and oxygen atoms in total. The number of likely N-dealkylation sites (N-methyl/N-ethyl adjacent to an activating group) is 1. The van der Waals surface area contributed by atoms with Crippen molar-refractivity contribution in [1.29, 1.82) is 0 Å². The molecule has 1 unspecified atom stereocenters. The first-order valence-electron chi connectivity index (χ1n) is 12.8. The van der Waals surface area contributed by atoms with Crippen LogP contribution in [0, 0.1) is 10.1 Å². The summed E-state index contributed by atoms with van der Waals surface area (Å²) in [4.78, 5) is 38.1. The number of carbonyl (C=O) groups excluding carboxylic acids is 2. The number of nitro groups is 1. The van der Waals surface area contributed by atoms with Crippen molar-refractivity contribution >= 4 is 17.8 Å². The molecule has 0 aromatic heterocycles. The number of hydrogen-bond donors (Lipinski definition) is 3. The highest BCUT2D eigenvalue weighted by Crippen LogP contribution is 2.32. The molecule has 5 N–H and O–H groups in total. The molecule has 2 amide bonds. The molecule has 39 heavy (non-hydrogen) atoms. The van der Waals surface area contributed by atoms with Crippen molar-refractivity contribution in [3.8, 4) is 0 Å². The second-order valence-electron chi connectivity index (χ2n) is 9.53. The standard InChI is InChI=1S/C29H34N6O4/c1-35(21-19-22-12-5-2-6-13-22,25(27(30)36)18-11-20-32-29(31)33-34(38)39)28(37)26(23-14-7-3-8-15-23)24-16-9-4-10-17-24/h2-10,12-17,25-26H,11,18-21H2,1H3,(H4-,30,31,32,33,36)/p+1/t25?,35-/m1/s1. The number of hydrazone groups is 1. The summed E-state index contributed by atoms with van der Waals surface area (Å²) in [5, 5.41) is 15.3. The van der Waals surface area contributed by atoms with Crippen LogP contribution in [0.4, 0.5) is 0 Å². The van der Waals surface area contributed by atoms with Gasteiger partial charge in [-0.2, -0.15) is 0 Å². The fourth-order valence-corrected chi connectivity index (χ4v) is 4.83. The fraction of sp³-hybridized carbons (Fsp3) is 0.276. The van der Waals surface area contributed by atoms with Crippen LogP contribution in [0.25, 0.3) is 0 Å². The van der Waals surface area contributed by atoms with Crippen molar-refractivity contribution in [2.75, 3.05) is 20.1 Å². The first-order chi connectivity index (χ1) is 18.7. The van der Waals surface area contributed by atoms with E-state index in [2.05, 4.69) is 10.4 Å². The average molecular weight is 532 g/mol. The van der Waals surface area contributed by atoms with Gasteiger partial charge in [0.15, 0.2) is 11.1 Å². The zero-order valence-electron chi connectivity index (χ0n) is 22.0. The topological polar surface area (TPSA) is 154 Å². The van der Waals surface area contributed by atoms with Crippen molar-refractivity contribution in [1.82, 2.24) is 5.32 Å². The number of primary amides is 1. The first-order valence-corrected chi connectivity index (χ1v) is 12.8. The van der Waals surface area contributed by atoms with Gasteiger partial charge in [-0.1, -0.05) is 91.0 Å². The fourth-order valence-electron chi connectivity index (χ4n) is 4.83. The quantitative estimate of drug-likeness (QED) is 0.0770. The summed E-state index contributed by atoms with van der Waals surface area (Å²) in [6, 6.07) is 27.9. The Morgan fingerprint density at radius 2 is 1.44 bits per heavy atom. The number of nitrogens with one attached hydrogen (secondary N) is 1. The molecule has 0 spiro atoms. The zero-order chi connectivity index (χ0) is 28.3. The summed E-state index contributed by atoms with van der Waals surface area (Å²) in [7, 11) is 1.77. The molecule has 0 aliphatic carbocycles. The van der Waals surface area contributed by atoms with Crippen LogP contribution in [0.3, 0.4) is 0 Å². The number of benzene rings is 3. The van der Waals surface area contributed by atoms with Crippen LogP contribution in [0.5, 0.6) is 0 Å². The van der Waals surface area contributed by atoms with E-state index in [1.807, 2.05) is 91.0 Å². The van der Waals surface area contributed by atoms with E-state index < -0.39 is 22.9 Å². The highest BCUT2D eigenvalue weighted by atomic mass is 16.7. The molecule has 2 atom stereocenters. The SMILES string of the molecule is C[N@+](CCc1ccccc1)(C(=O)C(c1ccccc1)c1ccccc1)C(CCCNC(N)=N[N+](=O)[O-])C(N)=O. The molecule has 204 valence electrons. The van der Waals surface area contributed by atoms with Gasteiger partial charge in [-0.25, -0.2) is 14.9 Å². The molecular weight excluding hydrogens is 496 g/mol. The molecule has 0 saturated heterocycles. The molecule has 10 heteroatoms. The van der Waals surface area contributed by atoms with Crippen molar-refractivity contribution in [2.24, 2.45) is 16.6 Å². The van der Waals surface area contributed by atoms with Gasteiger partial charge in [0.25, 0.3) is 11.9 Å². The van der Waals surface area contributed by atoms with Gasteiger partial charge in [0, 0.05) is 19.4 Å². The number of guanidine groups is 1. The van der Waals surface area contributed by atoms with Gasteiger partial charge < -0.3 is 16.8 Å². The van der Waals surface area contributed by atoms with E-state index in [1.54, 1.807) is 7.05 Å². The molecule has 3 rings (SSSR count). The Balaban J connectivity index is 1.97. The van der Waals surface area contributed by atoms with Crippen molar-refractivity contribution in [2.45, 2.75) is 31.2 Å². The second-order valence-corrected chi connectivity index (χ2v) is 9.53. The van der Waals surface area contributed by atoms with E-state index in [0.717, 1.165) is 16.7 Å². The first kappa shape index (κ1) is 29.0. The monoisotopic (exact) mass is 531 g/mol. The highest BCUT2D eigenvalue weighted by molar-refractivity contribution is 5.86. The third-order valence-electron chi connectivity index (χ3n) is 6.89. The Bertz CT molecular complexity index is 1230. The predicted molar refractivity (Wildman–Crippen MR) is 150 cm³/mol. The number of hydrogen-bond acceptors (Lipinski definition) is 4. The van der Waals surface area contributed by atoms with Gasteiger partial charge in [0.05, 0.1) is 13.6 Å². The van der Waals surface area contributed by atoms with Crippen molar-refractivity contribution in [3.05, 3.63) is 118 Å². The number of nitrogens with two attached hydrogens (primary N) is 2. The van der Waals surface area contributed by atoms with Gasteiger partial charge in [-0.3, -0.25) is 9.28 Å². The Labute approximate surface area is 228 Å². The molecule has 0 saturated carbocycles. The predicted octanol–water partition coefficient (Wildman–Crippen LogP) is 2.76. The molecular formula is C29H35N6O4+. The molecule has 0 heterocycles. The van der Waals surface area contributed by atoms with Crippen molar-refractivity contribution < 1.29 is 19.1 Å². The minimum atomic E-state index is -0.891. The number of nitrogens with zero attached hydrogens (tertiary/aromatic N) is 3. The summed E-state index contributed by atoms with van der Waals surface area (Å²) < 4.78 is -0.211. The summed E-state index contributed by atoms with van der Waals surface area (Å²) in [6.07, 6.45) is 1.21. The van der Waals surface area contributed by atoms with E-state index in [0.29, 0.717) is 19.4 Å². The van der Waals surface area contributed by atoms with Crippen LogP contribution in [-0.4, -0.2) is 53.5 Å². The summed E-state index contributed by atoms with van der Waals surface area (Å²) in [6.45, 7) is 0.575. The zero-order valence-corrected chi connectivity index (χ0v) is 22.0. The third kappa shape index (κ3) is 7.96. The van der Waals surface area contributed by atoms with Gasteiger partial charge in [0.1, 0.15) is 11.0 Å². The molecule has 3 aromatic carbocycles. The summed E-state index contributed by atoms with van der Waals surface area (Å²) in [5.74, 6) is -1.68. The maximum atomic E-state index is 14.6. The summed E-state index contributed by atoms with van der Waals surface area (Å²) >= 11 is 0. The van der Waals surface area contributed by atoms with E-state index in [9.17, 15) is 19.7 Å². The van der Waals surface area contributed by atoms with Crippen LogP contribution in [0.15, 0.2) is 96.1 Å². The Hall–Kier alpha value is -4.57. The largest absolute Gasteiger partial charge is 0.365 e. The van der Waals surface area contributed by atoms with Crippen LogP contribution in [-0.2, 0) is 16.0 Å². The Kier molecular flexibility index (Phi) is 10.3. The number of quaternary nitrogens is 1. The summed E-state index contributed by atoms with van der Waals surface area (Å²) in [5.41, 5.74) is 14.2. The van der Waals surface area contributed by atoms with Gasteiger partial charge in [0.2, 0.25) is 0 Å². The van der Waals surface area contributed by atoms with E-state index in [1.165, 1.54) is 0 Å². The molecule has 0 bridgehead atoms. The number of amides is 2.